The van der Waals surface area contributed by atoms with Gasteiger partial charge < -0.3 is 5.32 Å². The summed E-state index contributed by atoms with van der Waals surface area (Å²) >= 11 is 4.93. The number of nitrogens with two attached hydrogens (primary N) is 1. The summed E-state index contributed by atoms with van der Waals surface area (Å²) in [5, 5.41) is 3.59. The fraction of sp³-hybridized carbons (Fsp3) is 0.267. The molecule has 4 N–H and O–H groups in total. The number of aromatic nitrogens is 1. The summed E-state index contributed by atoms with van der Waals surface area (Å²) < 4.78 is 0.954. The number of thioether (sulfide) groups is 1. The van der Waals surface area contributed by atoms with Crippen LogP contribution in [0.2, 0.25) is 0 Å². The molecule has 2 aromatic rings. The summed E-state index contributed by atoms with van der Waals surface area (Å²) in [6.07, 6.45) is 0. The maximum absolute atomic E-state index is 11.8. The largest absolute Gasteiger partial charge is 0.344 e. The molecule has 23 heavy (non-hydrogen) atoms. The maximum atomic E-state index is 11.8. The number of nitrogens with zero attached hydrogens (tertiary/aromatic N) is 1. The van der Waals surface area contributed by atoms with Crippen LogP contribution in [0.25, 0.3) is 10.9 Å². The molecule has 0 aliphatic heterocycles. The first kappa shape index (κ1) is 17.7. The number of carbonyl (C=O) groups is 2. The van der Waals surface area contributed by atoms with Crippen LogP contribution in [-0.4, -0.2) is 28.6 Å². The quantitative estimate of drug-likeness (QED) is 0.310. The van der Waals surface area contributed by atoms with Crippen molar-refractivity contribution in [3.05, 3.63) is 34.4 Å². The van der Waals surface area contributed by atoms with Crippen LogP contribution < -0.4 is 16.6 Å². The highest BCUT2D eigenvalue weighted by Crippen LogP contribution is 2.30. The molecule has 2 rings (SSSR count). The van der Waals surface area contributed by atoms with E-state index >= 15 is 0 Å². The van der Waals surface area contributed by atoms with E-state index in [1.54, 1.807) is 0 Å². The lowest BCUT2D eigenvalue weighted by molar-refractivity contribution is -0.127. The highest BCUT2D eigenvalue weighted by atomic mass is 79.9. The lowest BCUT2D eigenvalue weighted by atomic mass is 10.2. The van der Waals surface area contributed by atoms with E-state index in [1.165, 1.54) is 18.7 Å². The van der Waals surface area contributed by atoms with Crippen LogP contribution in [0.1, 0.15) is 12.6 Å². The molecule has 6 nitrogen and oxygen atoms in total. The molecule has 8 heteroatoms. The van der Waals surface area contributed by atoms with Gasteiger partial charge in [-0.1, -0.05) is 15.9 Å². The Labute approximate surface area is 146 Å². The highest BCUT2D eigenvalue weighted by Gasteiger charge is 2.19. The Balaban J connectivity index is 2.27. The first-order chi connectivity index (χ1) is 10.9. The fourth-order valence-corrected chi connectivity index (χ4v) is 3.63. The van der Waals surface area contributed by atoms with Gasteiger partial charge in [0.15, 0.2) is 0 Å². The van der Waals surface area contributed by atoms with Gasteiger partial charge >= 0.3 is 0 Å². The number of hydrazine groups is 1. The number of amides is 2. The number of halogens is 1. The van der Waals surface area contributed by atoms with Gasteiger partial charge in [-0.2, -0.15) is 0 Å². The van der Waals surface area contributed by atoms with Crippen LogP contribution >= 0.6 is 27.7 Å². The van der Waals surface area contributed by atoms with Crippen LogP contribution in [0, 0.1) is 6.92 Å². The number of aryl methyl sites for hydroxylation is 1. The maximum Gasteiger partial charge on any atom is 0.257 e. The van der Waals surface area contributed by atoms with Crippen molar-refractivity contribution in [3.8, 4) is 0 Å². The number of nitrogens with one attached hydrogen (secondary N) is 2. The molecule has 2 amide bonds. The molecule has 122 valence electrons. The number of hydrogen-bond donors (Lipinski definition) is 3. The third-order valence-corrected chi connectivity index (χ3v) is 4.74. The van der Waals surface area contributed by atoms with Gasteiger partial charge in [-0.3, -0.25) is 20.0 Å². The Morgan fingerprint density at radius 2 is 2.13 bits per heavy atom. The lowest BCUT2D eigenvalue weighted by Crippen LogP contribution is -2.49. The van der Waals surface area contributed by atoms with Crippen molar-refractivity contribution in [3.63, 3.8) is 0 Å². The molecule has 1 atom stereocenters. The van der Waals surface area contributed by atoms with Gasteiger partial charge in [0.05, 0.1) is 5.52 Å². The summed E-state index contributed by atoms with van der Waals surface area (Å²) in [7, 11) is 0. The van der Waals surface area contributed by atoms with Crippen molar-refractivity contribution in [2.45, 2.75) is 24.8 Å². The predicted molar refractivity (Wildman–Crippen MR) is 94.8 cm³/mol. The van der Waals surface area contributed by atoms with E-state index < -0.39 is 11.9 Å². The molecule has 0 saturated carbocycles. The first-order valence-corrected chi connectivity index (χ1v) is 8.66. The van der Waals surface area contributed by atoms with Crippen LogP contribution in [-0.2, 0) is 9.59 Å². The average Bonchev–Trinajstić information content (AvgIpc) is 2.50. The Bertz CT molecular complexity index is 754. The molecule has 0 saturated heterocycles. The molecule has 1 aromatic heterocycles. The van der Waals surface area contributed by atoms with E-state index in [4.69, 9.17) is 5.84 Å². The van der Waals surface area contributed by atoms with Gasteiger partial charge in [0, 0.05) is 33.1 Å². The summed E-state index contributed by atoms with van der Waals surface area (Å²) in [4.78, 5) is 28.5. The zero-order valence-electron chi connectivity index (χ0n) is 12.7. The second-order valence-corrected chi connectivity index (χ2v) is 6.97. The van der Waals surface area contributed by atoms with Gasteiger partial charge in [-0.05, 0) is 31.2 Å². The molecule has 1 heterocycles. The van der Waals surface area contributed by atoms with E-state index in [1.807, 2.05) is 31.2 Å². The number of carbonyl (C=O) groups excluding carboxylic acids is 2. The van der Waals surface area contributed by atoms with E-state index in [0.717, 1.165) is 26.0 Å². The Hall–Kier alpha value is -1.64. The van der Waals surface area contributed by atoms with Gasteiger partial charge in [-0.25, -0.2) is 5.84 Å². The predicted octanol–water partition coefficient (Wildman–Crippen LogP) is 1.89. The third-order valence-electron chi connectivity index (χ3n) is 3.10. The second-order valence-electron chi connectivity index (χ2n) is 5.00. The minimum absolute atomic E-state index is 0.280. The number of pyridine rings is 1. The molecular weight excluding hydrogens is 380 g/mol. The summed E-state index contributed by atoms with van der Waals surface area (Å²) in [5.74, 6) is 4.84. The van der Waals surface area contributed by atoms with E-state index in [2.05, 4.69) is 31.7 Å². The SMILES string of the molecule is CC(=O)NC(CSc1cc(C)nc2ccc(Br)cc12)C(=O)NN. The fourth-order valence-electron chi connectivity index (χ4n) is 2.11. The van der Waals surface area contributed by atoms with Gasteiger partial charge in [0.25, 0.3) is 5.91 Å². The van der Waals surface area contributed by atoms with E-state index in [-0.39, 0.29) is 5.91 Å². The number of hydrogen-bond acceptors (Lipinski definition) is 5. The van der Waals surface area contributed by atoms with Crippen LogP contribution in [0.15, 0.2) is 33.6 Å². The molecule has 0 fully saturated rings. The molecule has 0 spiro atoms. The smallest absolute Gasteiger partial charge is 0.257 e. The van der Waals surface area contributed by atoms with Crippen molar-refractivity contribution in [2.24, 2.45) is 5.84 Å². The second kappa shape index (κ2) is 7.76. The minimum atomic E-state index is -0.696. The minimum Gasteiger partial charge on any atom is -0.344 e. The van der Waals surface area contributed by atoms with Gasteiger partial charge in [0.1, 0.15) is 6.04 Å². The Morgan fingerprint density at radius 3 is 2.78 bits per heavy atom. The summed E-state index contributed by atoms with van der Waals surface area (Å²) in [6.45, 7) is 3.29. The zero-order valence-corrected chi connectivity index (χ0v) is 15.1. The monoisotopic (exact) mass is 396 g/mol. The number of benzene rings is 1. The number of rotatable bonds is 5. The van der Waals surface area contributed by atoms with Crippen molar-refractivity contribution in [1.29, 1.82) is 0 Å². The van der Waals surface area contributed by atoms with Crippen molar-refractivity contribution in [2.75, 3.05) is 5.75 Å². The Morgan fingerprint density at radius 1 is 1.39 bits per heavy atom. The number of fused-ring (bicyclic) bond motifs is 1. The lowest BCUT2D eigenvalue weighted by Gasteiger charge is -2.16. The van der Waals surface area contributed by atoms with E-state index in [0.29, 0.717) is 5.75 Å². The normalized spacial score (nSPS) is 12.0. The van der Waals surface area contributed by atoms with Gasteiger partial charge in [0.2, 0.25) is 5.91 Å². The standard InChI is InChI=1S/C15H17BrN4O2S/c1-8-5-14(11-6-10(16)3-4-12(11)18-8)23-7-13(15(22)20-17)19-9(2)21/h3-6,13H,7,17H2,1-2H3,(H,19,21)(H,20,22). The first-order valence-electron chi connectivity index (χ1n) is 6.88. The molecule has 1 aromatic carbocycles. The summed E-state index contributed by atoms with van der Waals surface area (Å²) in [5.41, 5.74) is 3.85. The van der Waals surface area contributed by atoms with Crippen LogP contribution in [0.3, 0.4) is 0 Å². The Kier molecular flexibility index (Phi) is 5.97. The van der Waals surface area contributed by atoms with Crippen LogP contribution in [0.4, 0.5) is 0 Å². The molecule has 0 radical (unpaired) electrons. The molecule has 1 unspecified atom stereocenters. The zero-order chi connectivity index (χ0) is 17.0. The average molecular weight is 397 g/mol. The highest BCUT2D eigenvalue weighted by molar-refractivity contribution is 9.10. The van der Waals surface area contributed by atoms with Crippen molar-refractivity contribution in [1.82, 2.24) is 15.7 Å². The molecule has 0 aliphatic carbocycles. The van der Waals surface area contributed by atoms with Crippen molar-refractivity contribution >= 4 is 50.4 Å². The molecular formula is C15H17BrN4O2S. The van der Waals surface area contributed by atoms with E-state index in [9.17, 15) is 9.59 Å². The summed E-state index contributed by atoms with van der Waals surface area (Å²) in [6, 6.07) is 7.13. The van der Waals surface area contributed by atoms with Crippen molar-refractivity contribution < 1.29 is 9.59 Å². The van der Waals surface area contributed by atoms with Crippen LogP contribution in [0.5, 0.6) is 0 Å². The third kappa shape index (κ3) is 4.66. The van der Waals surface area contributed by atoms with Gasteiger partial charge in [-0.15, -0.1) is 11.8 Å². The topological polar surface area (TPSA) is 97.1 Å². The molecule has 0 aliphatic rings. The molecule has 0 bridgehead atoms.